The highest BCUT2D eigenvalue weighted by atomic mass is 32.1. The van der Waals surface area contributed by atoms with Crippen LogP contribution in [0.1, 0.15) is 34.1 Å². The molecular weight excluding hydrogens is 388 g/mol. The van der Waals surface area contributed by atoms with Crippen LogP contribution in [0.3, 0.4) is 0 Å². The standard InChI is InChI=1S/C22H22N2O4S/c1-27-17-8-9-19(16(11-17)13-25)28-14-21(26)24-10-4-5-15(12-24)22-23-18-6-2-3-7-20(18)29-22/h2-3,6-9,11,13,15H,4-5,10,12,14H2,1H3/t15-/m1/s1. The van der Waals surface area contributed by atoms with Crippen molar-refractivity contribution in [2.24, 2.45) is 0 Å². The maximum absolute atomic E-state index is 12.7. The highest BCUT2D eigenvalue weighted by Crippen LogP contribution is 2.33. The molecule has 1 aliphatic rings. The van der Waals surface area contributed by atoms with Crippen molar-refractivity contribution in [3.63, 3.8) is 0 Å². The molecular formula is C22H22N2O4S. The first-order valence-electron chi connectivity index (χ1n) is 9.57. The molecule has 7 heteroatoms. The molecule has 0 radical (unpaired) electrons. The van der Waals surface area contributed by atoms with E-state index in [4.69, 9.17) is 14.5 Å². The van der Waals surface area contributed by atoms with Crippen molar-refractivity contribution in [3.05, 3.63) is 53.0 Å². The number of likely N-dealkylation sites (tertiary alicyclic amines) is 1. The van der Waals surface area contributed by atoms with Crippen LogP contribution in [0.5, 0.6) is 11.5 Å². The summed E-state index contributed by atoms with van der Waals surface area (Å²) in [6.45, 7) is 1.26. The number of para-hydroxylation sites is 1. The molecule has 2 aromatic carbocycles. The lowest BCUT2D eigenvalue weighted by Crippen LogP contribution is -2.41. The monoisotopic (exact) mass is 410 g/mol. The van der Waals surface area contributed by atoms with Gasteiger partial charge in [0.05, 0.1) is 27.9 Å². The number of amides is 1. The predicted molar refractivity (Wildman–Crippen MR) is 112 cm³/mol. The molecule has 0 aliphatic carbocycles. The smallest absolute Gasteiger partial charge is 0.260 e. The molecule has 4 rings (SSSR count). The molecule has 2 heterocycles. The molecule has 0 saturated carbocycles. The summed E-state index contributed by atoms with van der Waals surface area (Å²) in [7, 11) is 1.53. The second-order valence-electron chi connectivity index (χ2n) is 7.01. The fourth-order valence-corrected chi connectivity index (χ4v) is 4.67. The molecule has 0 unspecified atom stereocenters. The van der Waals surface area contributed by atoms with E-state index in [1.54, 1.807) is 29.5 Å². The van der Waals surface area contributed by atoms with Gasteiger partial charge in [0.15, 0.2) is 12.9 Å². The molecule has 1 aromatic heterocycles. The number of benzene rings is 2. The molecule has 1 atom stereocenters. The van der Waals surface area contributed by atoms with E-state index in [-0.39, 0.29) is 18.4 Å². The normalized spacial score (nSPS) is 16.6. The van der Waals surface area contributed by atoms with Crippen LogP contribution < -0.4 is 9.47 Å². The molecule has 0 bridgehead atoms. The lowest BCUT2D eigenvalue weighted by Gasteiger charge is -2.31. The van der Waals surface area contributed by atoms with E-state index in [0.29, 0.717) is 36.4 Å². The first-order valence-corrected chi connectivity index (χ1v) is 10.4. The molecule has 0 spiro atoms. The number of ether oxygens (including phenoxy) is 2. The second-order valence-corrected chi connectivity index (χ2v) is 8.07. The Kier molecular flexibility index (Phi) is 5.76. The van der Waals surface area contributed by atoms with Gasteiger partial charge in [-0.05, 0) is 43.2 Å². The number of hydrogen-bond donors (Lipinski definition) is 0. The number of methoxy groups -OCH3 is 1. The zero-order valence-corrected chi connectivity index (χ0v) is 17.0. The third kappa shape index (κ3) is 4.24. The largest absolute Gasteiger partial charge is 0.497 e. The van der Waals surface area contributed by atoms with Gasteiger partial charge in [0.25, 0.3) is 5.91 Å². The third-order valence-corrected chi connectivity index (χ3v) is 6.33. The highest BCUT2D eigenvalue weighted by Gasteiger charge is 2.27. The van der Waals surface area contributed by atoms with Crippen molar-refractivity contribution in [2.45, 2.75) is 18.8 Å². The molecule has 3 aromatic rings. The minimum Gasteiger partial charge on any atom is -0.497 e. The molecule has 0 N–H and O–H groups in total. The number of piperidine rings is 1. The molecule has 1 aliphatic heterocycles. The fourth-order valence-electron chi connectivity index (χ4n) is 3.58. The summed E-state index contributed by atoms with van der Waals surface area (Å²) in [5.41, 5.74) is 1.38. The van der Waals surface area contributed by atoms with E-state index in [1.165, 1.54) is 11.8 Å². The Balaban J connectivity index is 1.40. The van der Waals surface area contributed by atoms with Gasteiger partial charge in [0, 0.05) is 19.0 Å². The van der Waals surface area contributed by atoms with Crippen LogP contribution in [-0.4, -0.2) is 48.9 Å². The number of carbonyl (C=O) groups is 2. The fraction of sp³-hybridized carbons (Fsp3) is 0.318. The van der Waals surface area contributed by atoms with Gasteiger partial charge in [-0.15, -0.1) is 11.3 Å². The summed E-state index contributed by atoms with van der Waals surface area (Å²) < 4.78 is 11.9. The maximum Gasteiger partial charge on any atom is 0.260 e. The van der Waals surface area contributed by atoms with Crippen molar-refractivity contribution in [1.82, 2.24) is 9.88 Å². The number of nitrogens with zero attached hydrogens (tertiary/aromatic N) is 2. The second kappa shape index (κ2) is 8.61. The van der Waals surface area contributed by atoms with E-state index in [0.717, 1.165) is 23.4 Å². The van der Waals surface area contributed by atoms with Gasteiger partial charge in [-0.3, -0.25) is 9.59 Å². The summed E-state index contributed by atoms with van der Waals surface area (Å²) in [5, 5.41) is 1.09. The van der Waals surface area contributed by atoms with E-state index in [1.807, 2.05) is 23.1 Å². The number of aromatic nitrogens is 1. The van der Waals surface area contributed by atoms with Crippen LogP contribution in [0.15, 0.2) is 42.5 Å². The average Bonchev–Trinajstić information content (AvgIpc) is 3.22. The minimum atomic E-state index is -0.0975. The number of fused-ring (bicyclic) bond motifs is 1. The van der Waals surface area contributed by atoms with Gasteiger partial charge in [-0.2, -0.15) is 0 Å². The summed E-state index contributed by atoms with van der Waals surface area (Å²) in [5.74, 6) is 1.12. The topological polar surface area (TPSA) is 68.7 Å². The summed E-state index contributed by atoms with van der Waals surface area (Å²) in [6.07, 6.45) is 2.67. The summed E-state index contributed by atoms with van der Waals surface area (Å²) >= 11 is 1.71. The lowest BCUT2D eigenvalue weighted by molar-refractivity contribution is -0.134. The summed E-state index contributed by atoms with van der Waals surface area (Å²) in [4.78, 5) is 30.6. The van der Waals surface area contributed by atoms with Crippen LogP contribution >= 0.6 is 11.3 Å². The first-order chi connectivity index (χ1) is 14.2. The van der Waals surface area contributed by atoms with Gasteiger partial charge >= 0.3 is 0 Å². The van der Waals surface area contributed by atoms with Crippen LogP contribution in [-0.2, 0) is 4.79 Å². The Hall–Kier alpha value is -2.93. The van der Waals surface area contributed by atoms with E-state index in [2.05, 4.69) is 6.07 Å². The van der Waals surface area contributed by atoms with Gasteiger partial charge in [-0.1, -0.05) is 12.1 Å². The van der Waals surface area contributed by atoms with Gasteiger partial charge in [0.1, 0.15) is 11.5 Å². The van der Waals surface area contributed by atoms with Gasteiger partial charge in [-0.25, -0.2) is 4.98 Å². The zero-order chi connectivity index (χ0) is 20.2. The molecule has 150 valence electrons. The Morgan fingerprint density at radius 3 is 2.97 bits per heavy atom. The molecule has 1 fully saturated rings. The SMILES string of the molecule is COc1ccc(OCC(=O)N2CCC[C@@H](c3nc4ccccc4s3)C2)c(C=O)c1. The van der Waals surface area contributed by atoms with Crippen LogP contribution in [0.4, 0.5) is 0 Å². The number of aldehydes is 1. The van der Waals surface area contributed by atoms with Gasteiger partial charge in [0.2, 0.25) is 0 Å². The minimum absolute atomic E-state index is 0.0801. The first kappa shape index (κ1) is 19.4. The lowest BCUT2D eigenvalue weighted by atomic mass is 9.99. The predicted octanol–water partition coefficient (Wildman–Crippen LogP) is 3.90. The van der Waals surface area contributed by atoms with Crippen molar-refractivity contribution in [2.75, 3.05) is 26.8 Å². The van der Waals surface area contributed by atoms with Gasteiger partial charge < -0.3 is 14.4 Å². The van der Waals surface area contributed by atoms with Crippen molar-refractivity contribution in [3.8, 4) is 11.5 Å². The number of hydrogen-bond acceptors (Lipinski definition) is 6. The van der Waals surface area contributed by atoms with Crippen LogP contribution in [0.2, 0.25) is 0 Å². The number of rotatable bonds is 6. The average molecular weight is 410 g/mol. The quantitative estimate of drug-likeness (QED) is 0.577. The van der Waals surface area contributed by atoms with Crippen LogP contribution in [0.25, 0.3) is 10.2 Å². The van der Waals surface area contributed by atoms with E-state index >= 15 is 0 Å². The van der Waals surface area contributed by atoms with Crippen molar-refractivity contribution >= 4 is 33.7 Å². The Morgan fingerprint density at radius 1 is 1.31 bits per heavy atom. The molecule has 1 saturated heterocycles. The number of carbonyl (C=O) groups excluding carboxylic acids is 2. The van der Waals surface area contributed by atoms with Crippen molar-refractivity contribution in [1.29, 1.82) is 0 Å². The zero-order valence-electron chi connectivity index (χ0n) is 16.2. The number of thiazole rings is 1. The van der Waals surface area contributed by atoms with E-state index < -0.39 is 0 Å². The van der Waals surface area contributed by atoms with Crippen molar-refractivity contribution < 1.29 is 19.1 Å². The molecule has 29 heavy (non-hydrogen) atoms. The molecule has 1 amide bonds. The van der Waals surface area contributed by atoms with Crippen LogP contribution in [0, 0.1) is 0 Å². The third-order valence-electron chi connectivity index (χ3n) is 5.13. The summed E-state index contributed by atoms with van der Waals surface area (Å²) in [6, 6.07) is 13.1. The highest BCUT2D eigenvalue weighted by molar-refractivity contribution is 7.18. The van der Waals surface area contributed by atoms with E-state index in [9.17, 15) is 9.59 Å². The Bertz CT molecular complexity index is 1000. The molecule has 6 nitrogen and oxygen atoms in total. The maximum atomic E-state index is 12.7. The Labute approximate surface area is 173 Å². The Morgan fingerprint density at radius 2 is 2.17 bits per heavy atom.